The standard InChI is InChI=1S/C16H29NO2/c1-4-16(19)17-13-11-9-7-5-6-8-10-12-15(18)14(2)3/h2,4-13H2,1,3H3,(H,17,19). The van der Waals surface area contributed by atoms with E-state index in [9.17, 15) is 9.59 Å². The molecule has 110 valence electrons. The molecule has 0 spiro atoms. The highest BCUT2D eigenvalue weighted by atomic mass is 16.1. The van der Waals surface area contributed by atoms with Crippen molar-refractivity contribution in [1.82, 2.24) is 5.32 Å². The molecule has 3 nitrogen and oxygen atoms in total. The van der Waals surface area contributed by atoms with Gasteiger partial charge in [0.05, 0.1) is 0 Å². The summed E-state index contributed by atoms with van der Waals surface area (Å²) in [5.41, 5.74) is 0.675. The number of nitrogens with one attached hydrogen (secondary N) is 1. The number of rotatable bonds is 12. The van der Waals surface area contributed by atoms with Crippen LogP contribution in [0.3, 0.4) is 0 Å². The molecule has 0 saturated carbocycles. The zero-order chi connectivity index (χ0) is 14.5. The van der Waals surface area contributed by atoms with Crippen LogP contribution in [0.25, 0.3) is 0 Å². The zero-order valence-corrected chi connectivity index (χ0v) is 12.6. The van der Waals surface area contributed by atoms with E-state index in [0.29, 0.717) is 18.4 Å². The lowest BCUT2D eigenvalue weighted by atomic mass is 10.0. The molecule has 0 unspecified atom stereocenters. The molecule has 0 rings (SSSR count). The third kappa shape index (κ3) is 11.7. The van der Waals surface area contributed by atoms with Gasteiger partial charge in [-0.3, -0.25) is 9.59 Å². The first-order chi connectivity index (χ1) is 9.07. The van der Waals surface area contributed by atoms with E-state index in [4.69, 9.17) is 0 Å². The van der Waals surface area contributed by atoms with E-state index in [2.05, 4.69) is 11.9 Å². The van der Waals surface area contributed by atoms with E-state index in [1.54, 1.807) is 6.92 Å². The summed E-state index contributed by atoms with van der Waals surface area (Å²) in [5.74, 6) is 0.342. The van der Waals surface area contributed by atoms with Gasteiger partial charge in [-0.15, -0.1) is 0 Å². The molecule has 0 radical (unpaired) electrons. The second-order valence-corrected chi connectivity index (χ2v) is 5.13. The SMILES string of the molecule is C=C(C)C(=O)CCCCCCCCCNC(=O)CC. The van der Waals surface area contributed by atoms with Crippen LogP contribution in [-0.2, 0) is 9.59 Å². The van der Waals surface area contributed by atoms with Crippen molar-refractivity contribution in [1.29, 1.82) is 0 Å². The van der Waals surface area contributed by atoms with Crippen LogP contribution in [0.15, 0.2) is 12.2 Å². The Kier molecular flexibility index (Phi) is 11.2. The normalized spacial score (nSPS) is 10.2. The first-order valence-corrected chi connectivity index (χ1v) is 7.53. The fourth-order valence-electron chi connectivity index (χ4n) is 1.86. The third-order valence-corrected chi connectivity index (χ3v) is 3.20. The Hall–Kier alpha value is -1.12. The average Bonchev–Trinajstić information content (AvgIpc) is 2.39. The molecule has 0 bridgehead atoms. The van der Waals surface area contributed by atoms with Crippen molar-refractivity contribution in [3.05, 3.63) is 12.2 Å². The number of carbonyl (C=O) groups excluding carboxylic acids is 2. The van der Waals surface area contributed by atoms with Gasteiger partial charge in [0, 0.05) is 19.4 Å². The predicted octanol–water partition coefficient (Wildman–Crippen LogP) is 3.78. The zero-order valence-electron chi connectivity index (χ0n) is 12.6. The van der Waals surface area contributed by atoms with Crippen LogP contribution in [0.4, 0.5) is 0 Å². The third-order valence-electron chi connectivity index (χ3n) is 3.20. The first kappa shape index (κ1) is 17.9. The molecule has 0 fully saturated rings. The maximum absolute atomic E-state index is 11.3. The Morgan fingerprint density at radius 2 is 1.47 bits per heavy atom. The topological polar surface area (TPSA) is 46.2 Å². The number of unbranched alkanes of at least 4 members (excludes halogenated alkanes) is 6. The van der Waals surface area contributed by atoms with Gasteiger partial charge in [-0.05, 0) is 25.3 Å². The lowest BCUT2D eigenvalue weighted by Crippen LogP contribution is -2.23. The van der Waals surface area contributed by atoms with E-state index in [1.807, 2.05) is 6.92 Å². The molecule has 0 heterocycles. The van der Waals surface area contributed by atoms with Crippen molar-refractivity contribution in [3.8, 4) is 0 Å². The number of carbonyl (C=O) groups is 2. The van der Waals surface area contributed by atoms with Crippen LogP contribution in [0.2, 0.25) is 0 Å². The van der Waals surface area contributed by atoms with Crippen molar-refractivity contribution in [2.75, 3.05) is 6.54 Å². The van der Waals surface area contributed by atoms with E-state index >= 15 is 0 Å². The van der Waals surface area contributed by atoms with Crippen molar-refractivity contribution < 1.29 is 9.59 Å². The van der Waals surface area contributed by atoms with E-state index < -0.39 is 0 Å². The Bertz CT molecular complexity index is 284. The van der Waals surface area contributed by atoms with Crippen LogP contribution >= 0.6 is 0 Å². The van der Waals surface area contributed by atoms with Gasteiger partial charge in [0.1, 0.15) is 0 Å². The monoisotopic (exact) mass is 267 g/mol. The molecule has 0 atom stereocenters. The number of ketones is 1. The Morgan fingerprint density at radius 1 is 0.947 bits per heavy atom. The second-order valence-electron chi connectivity index (χ2n) is 5.13. The number of hydrogen-bond donors (Lipinski definition) is 1. The largest absolute Gasteiger partial charge is 0.356 e. The predicted molar refractivity (Wildman–Crippen MR) is 80.1 cm³/mol. The number of hydrogen-bond acceptors (Lipinski definition) is 2. The fourth-order valence-corrected chi connectivity index (χ4v) is 1.86. The summed E-state index contributed by atoms with van der Waals surface area (Å²) >= 11 is 0. The van der Waals surface area contributed by atoms with Crippen LogP contribution in [0, 0.1) is 0 Å². The maximum atomic E-state index is 11.3. The molecule has 0 aliphatic carbocycles. The molecule has 1 N–H and O–H groups in total. The quantitative estimate of drug-likeness (QED) is 0.432. The van der Waals surface area contributed by atoms with Crippen LogP contribution in [-0.4, -0.2) is 18.2 Å². The molecule has 3 heteroatoms. The smallest absolute Gasteiger partial charge is 0.219 e. The van der Waals surface area contributed by atoms with Gasteiger partial charge in [0.2, 0.25) is 5.91 Å². The van der Waals surface area contributed by atoms with Gasteiger partial charge < -0.3 is 5.32 Å². The van der Waals surface area contributed by atoms with E-state index in [0.717, 1.165) is 25.8 Å². The van der Waals surface area contributed by atoms with Crippen molar-refractivity contribution >= 4 is 11.7 Å². The summed E-state index contributed by atoms with van der Waals surface area (Å²) in [5, 5.41) is 2.88. The molecular formula is C16H29NO2. The molecule has 0 saturated heterocycles. The summed E-state index contributed by atoms with van der Waals surface area (Å²) in [7, 11) is 0. The second kappa shape index (κ2) is 11.9. The van der Waals surface area contributed by atoms with Gasteiger partial charge in [-0.25, -0.2) is 0 Å². The highest BCUT2D eigenvalue weighted by molar-refractivity contribution is 5.93. The lowest BCUT2D eigenvalue weighted by molar-refractivity contribution is -0.120. The minimum atomic E-state index is 0.141. The summed E-state index contributed by atoms with van der Waals surface area (Å²) in [6.45, 7) is 8.10. The summed E-state index contributed by atoms with van der Waals surface area (Å²) in [6.07, 6.45) is 9.23. The molecule has 1 amide bonds. The van der Waals surface area contributed by atoms with Crippen LogP contribution < -0.4 is 5.32 Å². The molecule has 0 aliphatic rings. The Morgan fingerprint density at radius 3 is 2.00 bits per heavy atom. The van der Waals surface area contributed by atoms with Gasteiger partial charge in [0.25, 0.3) is 0 Å². The van der Waals surface area contributed by atoms with Gasteiger partial charge in [-0.1, -0.05) is 45.6 Å². The number of amides is 1. The van der Waals surface area contributed by atoms with Gasteiger partial charge >= 0.3 is 0 Å². The van der Waals surface area contributed by atoms with Crippen molar-refractivity contribution in [3.63, 3.8) is 0 Å². The highest BCUT2D eigenvalue weighted by Gasteiger charge is 2.01. The van der Waals surface area contributed by atoms with Gasteiger partial charge in [-0.2, -0.15) is 0 Å². The van der Waals surface area contributed by atoms with Gasteiger partial charge in [0.15, 0.2) is 5.78 Å². The van der Waals surface area contributed by atoms with Crippen molar-refractivity contribution in [2.45, 2.75) is 71.6 Å². The Balaban J connectivity index is 3.17. The Labute approximate surface area is 117 Å². The number of allylic oxidation sites excluding steroid dienone is 1. The molecule has 0 aromatic heterocycles. The molecule has 19 heavy (non-hydrogen) atoms. The van der Waals surface area contributed by atoms with Crippen molar-refractivity contribution in [2.24, 2.45) is 0 Å². The molecule has 0 aromatic carbocycles. The van der Waals surface area contributed by atoms with E-state index in [1.165, 1.54) is 25.7 Å². The summed E-state index contributed by atoms with van der Waals surface area (Å²) in [4.78, 5) is 22.3. The van der Waals surface area contributed by atoms with E-state index in [-0.39, 0.29) is 11.7 Å². The lowest BCUT2D eigenvalue weighted by Gasteiger charge is -2.04. The fraction of sp³-hybridized carbons (Fsp3) is 0.750. The van der Waals surface area contributed by atoms with Crippen LogP contribution in [0.1, 0.15) is 71.6 Å². The molecule has 0 aliphatic heterocycles. The average molecular weight is 267 g/mol. The molecule has 0 aromatic rings. The summed E-state index contributed by atoms with van der Waals surface area (Å²) in [6, 6.07) is 0. The minimum Gasteiger partial charge on any atom is -0.356 e. The summed E-state index contributed by atoms with van der Waals surface area (Å²) < 4.78 is 0. The van der Waals surface area contributed by atoms with Crippen LogP contribution in [0.5, 0.6) is 0 Å². The first-order valence-electron chi connectivity index (χ1n) is 7.53. The number of Topliss-reactive ketones (excluding diaryl/α,β-unsaturated/α-hetero) is 1. The highest BCUT2D eigenvalue weighted by Crippen LogP contribution is 2.09. The molecular weight excluding hydrogens is 238 g/mol. The maximum Gasteiger partial charge on any atom is 0.219 e. The minimum absolute atomic E-state index is 0.141.